The van der Waals surface area contributed by atoms with E-state index in [9.17, 15) is 4.79 Å². The summed E-state index contributed by atoms with van der Waals surface area (Å²) in [5.41, 5.74) is 0. The number of carbonyl (C=O) groups excluding carboxylic acids is 1. The molecule has 0 amide bonds. The summed E-state index contributed by atoms with van der Waals surface area (Å²) >= 11 is 0. The second-order valence-electron chi connectivity index (χ2n) is 9.17. The van der Waals surface area contributed by atoms with Crippen molar-refractivity contribution in [3.8, 4) is 0 Å². The van der Waals surface area contributed by atoms with E-state index in [0.29, 0.717) is 18.1 Å². The van der Waals surface area contributed by atoms with Gasteiger partial charge in [0.05, 0.1) is 0 Å². The van der Waals surface area contributed by atoms with E-state index >= 15 is 0 Å². The summed E-state index contributed by atoms with van der Waals surface area (Å²) in [4.78, 5) is 10.6. The van der Waals surface area contributed by atoms with Gasteiger partial charge in [0.2, 0.25) is 0 Å². The Morgan fingerprint density at radius 2 is 0.512 bits per heavy atom. The van der Waals surface area contributed by atoms with Crippen LogP contribution in [0.3, 0.4) is 0 Å². The van der Waals surface area contributed by atoms with Crippen LogP contribution in [0.5, 0.6) is 0 Å². The zero-order valence-corrected chi connectivity index (χ0v) is 30.8. The van der Waals surface area contributed by atoms with Crippen LogP contribution >= 0.6 is 0 Å². The molecule has 0 aliphatic heterocycles. The van der Waals surface area contributed by atoms with Crippen molar-refractivity contribution in [3.63, 3.8) is 0 Å². The maximum absolute atomic E-state index is 10.6. The van der Waals surface area contributed by atoms with E-state index in [1.807, 2.05) is 62.3 Å². The van der Waals surface area contributed by atoms with Gasteiger partial charge in [0, 0.05) is 12.8 Å². The van der Waals surface area contributed by atoms with E-state index in [-0.39, 0.29) is 59.4 Å². The minimum Gasteiger partial charge on any atom is -0.300 e. The van der Waals surface area contributed by atoms with E-state index < -0.39 is 0 Å². The molecule has 0 aromatic heterocycles. The molecule has 0 aromatic carbocycles. The molecular formula is C42H118O. The molecule has 1 nitrogen and oxygen atoms in total. The van der Waals surface area contributed by atoms with Crippen LogP contribution in [0.2, 0.25) is 0 Å². The van der Waals surface area contributed by atoms with Gasteiger partial charge in [-0.3, -0.25) is 4.79 Å². The van der Waals surface area contributed by atoms with Crippen molar-refractivity contribution in [1.82, 2.24) is 0 Å². The Kier molecular flexibility index (Phi) is 504. The molecule has 0 atom stereocenters. The van der Waals surface area contributed by atoms with Crippen molar-refractivity contribution < 1.29 is 4.79 Å². The largest absolute Gasteiger partial charge is 0.300 e. The lowest BCUT2D eigenvalue weighted by Crippen LogP contribution is -1.99. The lowest BCUT2D eigenvalue weighted by molar-refractivity contribution is -0.119. The molecule has 0 unspecified atom stereocenters. The fraction of sp³-hybridized carbons (Fsp3) is 0.976. The predicted octanol–water partition coefficient (Wildman–Crippen LogP) is 19.4. The van der Waals surface area contributed by atoms with E-state index in [1.54, 1.807) is 0 Å². The Bertz CT molecular complexity index is 189. The topological polar surface area (TPSA) is 17.1 Å². The second kappa shape index (κ2) is 178. The van der Waals surface area contributed by atoms with Crippen LogP contribution < -0.4 is 0 Å². The average Bonchev–Trinajstić information content (AvgIpc) is 2.79. The van der Waals surface area contributed by atoms with Crippen molar-refractivity contribution in [2.75, 3.05) is 0 Å². The zero-order valence-electron chi connectivity index (χ0n) is 30.8. The number of hydrogen-bond acceptors (Lipinski definition) is 1. The summed E-state index contributed by atoms with van der Waals surface area (Å²) in [5, 5.41) is 0. The van der Waals surface area contributed by atoms with Gasteiger partial charge < -0.3 is 0 Å². The number of ketones is 1. The van der Waals surface area contributed by atoms with Crippen LogP contribution in [0.4, 0.5) is 0 Å². The number of Topliss-reactive ketones (excluding diaryl/α,β-unsaturated/α-hetero) is 1. The summed E-state index contributed by atoms with van der Waals surface area (Å²) in [5.74, 6) is 3.46. The van der Waals surface area contributed by atoms with Crippen LogP contribution in [0.15, 0.2) is 0 Å². The first-order chi connectivity index (χ1) is 16.2. The van der Waals surface area contributed by atoms with Crippen molar-refractivity contribution in [1.29, 1.82) is 0 Å². The van der Waals surface area contributed by atoms with Gasteiger partial charge in [0.1, 0.15) is 5.78 Å². The van der Waals surface area contributed by atoms with Crippen LogP contribution in [0.1, 0.15) is 258 Å². The third-order valence-corrected chi connectivity index (χ3v) is 1.85. The van der Waals surface area contributed by atoms with Crippen molar-refractivity contribution in [2.45, 2.75) is 258 Å². The third-order valence-electron chi connectivity index (χ3n) is 1.85. The molecule has 0 radical (unpaired) electrons. The van der Waals surface area contributed by atoms with Crippen LogP contribution in [-0.4, -0.2) is 5.78 Å². The van der Waals surface area contributed by atoms with Gasteiger partial charge in [-0.15, -0.1) is 0 Å². The first-order valence-corrected chi connectivity index (χ1v) is 15.7. The number of hydrogen-bond donors (Lipinski definition) is 0. The fourth-order valence-electron chi connectivity index (χ4n) is 0.600. The van der Waals surface area contributed by atoms with Gasteiger partial charge in [-0.1, -0.05) is 245 Å². The summed E-state index contributed by atoms with van der Waals surface area (Å²) in [6.45, 7) is 50.2. The van der Waals surface area contributed by atoms with Gasteiger partial charge >= 0.3 is 0 Å². The minimum absolute atomic E-state index is 0. The van der Waals surface area contributed by atoms with Gasteiger partial charge in [0.25, 0.3) is 0 Å². The van der Waals surface area contributed by atoms with Crippen LogP contribution in [-0.2, 0) is 4.79 Å². The van der Waals surface area contributed by atoms with E-state index in [0.717, 1.165) is 24.2 Å². The zero-order chi connectivity index (χ0) is 31.4. The third kappa shape index (κ3) is 1110. The normalized spacial score (nSPS) is 6.05. The molecule has 0 saturated carbocycles. The van der Waals surface area contributed by atoms with Crippen LogP contribution in [0, 0.1) is 23.7 Å². The molecule has 0 spiro atoms. The standard InChI is InChI=1S/C7H14O.C5H12.2C4H10.2C3H8.4C2H6.8CH4/c1-4-7(8)5-6(2)3;1-4-5(2)3;2*1-4(2)3;2*1-3-2;4*1-2;;;;;;;;/h6H,4-5H2,1-3H3;5H,4H2,1-3H3;2*4H,1-3H3;2*3H2,1-2H3;4*1-2H3;8*1H4. The van der Waals surface area contributed by atoms with Crippen molar-refractivity contribution in [3.05, 3.63) is 0 Å². The molecule has 0 fully saturated rings. The molecule has 43 heavy (non-hydrogen) atoms. The maximum Gasteiger partial charge on any atom is 0.132 e. The lowest BCUT2D eigenvalue weighted by atomic mass is 10.1. The maximum atomic E-state index is 10.6. The molecule has 0 saturated heterocycles. The molecular weight excluding hydrogens is 520 g/mol. The molecule has 292 valence electrons. The van der Waals surface area contributed by atoms with Gasteiger partial charge in [0.15, 0.2) is 0 Å². The Morgan fingerprint density at radius 1 is 0.395 bits per heavy atom. The van der Waals surface area contributed by atoms with Gasteiger partial charge in [-0.2, -0.15) is 0 Å². The molecule has 0 N–H and O–H groups in total. The smallest absolute Gasteiger partial charge is 0.132 e. The lowest BCUT2D eigenvalue weighted by Gasteiger charge is -1.98. The highest BCUT2D eigenvalue weighted by Gasteiger charge is 1.99. The SMILES string of the molecule is C.C.C.C.C.C.C.C.CC.CC.CC.CC.CC(C)C.CC(C)C.CCC.CCC.CCC(=O)CC(C)C.CCC(C)C. The Labute approximate surface area is 291 Å². The Balaban J connectivity index is -0.0000000103. The monoisotopic (exact) mass is 639 g/mol. The highest BCUT2D eigenvalue weighted by molar-refractivity contribution is 5.78. The minimum atomic E-state index is 0. The summed E-state index contributed by atoms with van der Waals surface area (Å²) < 4.78 is 0. The quantitative estimate of drug-likeness (QED) is 0.299. The summed E-state index contributed by atoms with van der Waals surface area (Å²) in [6, 6.07) is 0. The average molecular weight is 639 g/mol. The van der Waals surface area contributed by atoms with E-state index in [2.05, 4.69) is 104 Å². The molecule has 0 aromatic rings. The van der Waals surface area contributed by atoms with Crippen molar-refractivity contribution >= 4 is 5.78 Å². The van der Waals surface area contributed by atoms with Gasteiger partial charge in [-0.05, 0) is 23.7 Å². The number of rotatable bonds is 4. The predicted molar refractivity (Wildman–Crippen MR) is 232 cm³/mol. The summed E-state index contributed by atoms with van der Waals surface area (Å²) in [7, 11) is 0. The molecule has 0 aliphatic rings. The first-order valence-electron chi connectivity index (χ1n) is 15.7. The van der Waals surface area contributed by atoms with Crippen LogP contribution in [0.25, 0.3) is 0 Å². The highest BCUT2D eigenvalue weighted by atomic mass is 16.1. The number of carbonyl (C=O) groups is 1. The van der Waals surface area contributed by atoms with Gasteiger partial charge in [-0.25, -0.2) is 0 Å². The molecule has 0 rings (SSSR count). The second-order valence-corrected chi connectivity index (χ2v) is 9.17. The Morgan fingerprint density at radius 3 is 0.535 bits per heavy atom. The molecule has 1 heteroatoms. The summed E-state index contributed by atoms with van der Waals surface area (Å²) in [6.07, 6.45) is 5.24. The molecule has 0 heterocycles. The van der Waals surface area contributed by atoms with E-state index in [4.69, 9.17) is 0 Å². The fourth-order valence-corrected chi connectivity index (χ4v) is 0.600. The molecule has 0 aliphatic carbocycles. The Hall–Kier alpha value is -0.330. The molecule has 0 bridgehead atoms. The van der Waals surface area contributed by atoms with Crippen molar-refractivity contribution in [2.24, 2.45) is 23.7 Å². The highest BCUT2D eigenvalue weighted by Crippen LogP contribution is 2.01. The first kappa shape index (κ1) is 122. The van der Waals surface area contributed by atoms with E-state index in [1.165, 1.54) is 19.3 Å².